The summed E-state index contributed by atoms with van der Waals surface area (Å²) in [5.41, 5.74) is 0. The summed E-state index contributed by atoms with van der Waals surface area (Å²) in [6.45, 7) is 4.92. The number of nitrogens with one attached hydrogen (secondary N) is 1. The Bertz CT molecular complexity index is 847. The maximum atomic E-state index is 12.4. The van der Waals surface area contributed by atoms with E-state index >= 15 is 0 Å². The molecule has 2 atom stereocenters. The quantitative estimate of drug-likeness (QED) is 0.0323. The third-order valence-electron chi connectivity index (χ3n) is 11.8. The first-order valence-corrected chi connectivity index (χ1v) is 25.4. The highest BCUT2D eigenvalue weighted by Gasteiger charge is 2.20. The first-order chi connectivity index (χ1) is 28.0. The molecule has 0 aliphatic heterocycles. The molecule has 0 aliphatic carbocycles. The molecule has 0 aromatic rings. The van der Waals surface area contributed by atoms with Crippen LogP contribution in [-0.4, -0.2) is 47.4 Å². The van der Waals surface area contributed by atoms with E-state index in [-0.39, 0.29) is 18.5 Å². The van der Waals surface area contributed by atoms with E-state index in [2.05, 4.69) is 31.3 Å². The average molecular weight is 806 g/mol. The summed E-state index contributed by atoms with van der Waals surface area (Å²) in [7, 11) is 0. The Morgan fingerprint density at radius 1 is 0.474 bits per heavy atom. The van der Waals surface area contributed by atoms with Crippen molar-refractivity contribution in [1.29, 1.82) is 0 Å². The van der Waals surface area contributed by atoms with Gasteiger partial charge in [0.1, 0.15) is 0 Å². The largest absolute Gasteiger partial charge is 0.466 e. The molecule has 3 N–H and O–H groups in total. The fraction of sp³-hybridized carbons (Fsp3) is 0.922. The zero-order valence-corrected chi connectivity index (χ0v) is 38.3. The maximum absolute atomic E-state index is 12.4. The Balaban J connectivity index is 3.45. The molecule has 0 fully saturated rings. The molecule has 0 aromatic carbocycles. The van der Waals surface area contributed by atoms with Gasteiger partial charge in [0.05, 0.1) is 25.4 Å². The van der Waals surface area contributed by atoms with Crippen LogP contribution >= 0.6 is 0 Å². The van der Waals surface area contributed by atoms with Crippen LogP contribution in [0.3, 0.4) is 0 Å². The standard InChI is InChI=1S/C51H99NO5/c1-3-5-7-9-11-13-15-24-27-31-35-39-43-49(54)48(47-53)52-50(55)44-40-36-32-28-25-21-19-17-16-18-20-22-26-30-34-38-42-46-57-51(56)45-41-37-33-29-23-14-12-10-8-6-4-2/h16,18,48-49,53-54H,3-15,17,19-47H2,1-2H3,(H,52,55)/b18-16-. The minimum Gasteiger partial charge on any atom is -0.466 e. The highest BCUT2D eigenvalue weighted by atomic mass is 16.5. The number of carbonyl (C=O) groups is 2. The Morgan fingerprint density at radius 2 is 0.825 bits per heavy atom. The second-order valence-electron chi connectivity index (χ2n) is 17.5. The minimum atomic E-state index is -0.669. The molecule has 0 saturated heterocycles. The lowest BCUT2D eigenvalue weighted by molar-refractivity contribution is -0.143. The summed E-state index contributed by atoms with van der Waals surface area (Å²) in [6.07, 6.45) is 53.2. The van der Waals surface area contributed by atoms with Crippen LogP contribution in [0.15, 0.2) is 12.2 Å². The van der Waals surface area contributed by atoms with E-state index in [0.29, 0.717) is 25.9 Å². The van der Waals surface area contributed by atoms with E-state index in [1.54, 1.807) is 0 Å². The van der Waals surface area contributed by atoms with Crippen molar-refractivity contribution in [3.05, 3.63) is 12.2 Å². The molecular weight excluding hydrogens is 707 g/mol. The number of carbonyl (C=O) groups excluding carboxylic acids is 2. The van der Waals surface area contributed by atoms with Crippen molar-refractivity contribution in [2.45, 2.75) is 289 Å². The summed E-state index contributed by atoms with van der Waals surface area (Å²) in [5.74, 6) is -0.0494. The second kappa shape index (κ2) is 47.3. The van der Waals surface area contributed by atoms with Crippen LogP contribution in [0.2, 0.25) is 0 Å². The zero-order valence-electron chi connectivity index (χ0n) is 38.3. The van der Waals surface area contributed by atoms with Gasteiger partial charge in [-0.05, 0) is 51.4 Å². The third-order valence-corrected chi connectivity index (χ3v) is 11.8. The SMILES string of the molecule is CCCCCCCCCCCCCCC(O)C(CO)NC(=O)CCCCCCCCC/C=C\CCCCCCCCOC(=O)CCCCCCCCCCCCC. The van der Waals surface area contributed by atoms with Gasteiger partial charge in [0.25, 0.3) is 0 Å². The second-order valence-corrected chi connectivity index (χ2v) is 17.5. The van der Waals surface area contributed by atoms with Crippen LogP contribution in [0, 0.1) is 0 Å². The Labute approximate surface area is 355 Å². The number of unbranched alkanes of at least 4 members (excludes halogenated alkanes) is 34. The van der Waals surface area contributed by atoms with Crippen LogP contribution in [-0.2, 0) is 14.3 Å². The van der Waals surface area contributed by atoms with Crippen molar-refractivity contribution in [2.75, 3.05) is 13.2 Å². The van der Waals surface area contributed by atoms with E-state index in [1.807, 2.05) is 0 Å². The summed E-state index contributed by atoms with van der Waals surface area (Å²) in [6, 6.07) is -0.548. The molecule has 0 rings (SSSR count). The number of esters is 1. The molecule has 1 amide bonds. The number of aliphatic hydroxyl groups excluding tert-OH is 2. The van der Waals surface area contributed by atoms with Gasteiger partial charge in [-0.15, -0.1) is 0 Å². The fourth-order valence-electron chi connectivity index (χ4n) is 7.87. The van der Waals surface area contributed by atoms with Gasteiger partial charge in [0, 0.05) is 12.8 Å². The number of ether oxygens (including phenoxy) is 1. The molecule has 0 spiro atoms. The summed E-state index contributed by atoms with van der Waals surface area (Å²) in [4.78, 5) is 24.4. The molecule has 6 heteroatoms. The molecule has 0 aromatic heterocycles. The first kappa shape index (κ1) is 55.6. The molecule has 57 heavy (non-hydrogen) atoms. The van der Waals surface area contributed by atoms with Gasteiger partial charge in [-0.1, -0.05) is 225 Å². The average Bonchev–Trinajstić information content (AvgIpc) is 3.21. The summed E-state index contributed by atoms with van der Waals surface area (Å²) < 4.78 is 5.44. The molecule has 0 radical (unpaired) electrons. The van der Waals surface area contributed by atoms with Crippen LogP contribution in [0.4, 0.5) is 0 Å². The minimum absolute atomic E-state index is 0.00220. The lowest BCUT2D eigenvalue weighted by Gasteiger charge is -2.22. The van der Waals surface area contributed by atoms with Crippen LogP contribution in [0.5, 0.6) is 0 Å². The van der Waals surface area contributed by atoms with Crippen molar-refractivity contribution in [1.82, 2.24) is 5.32 Å². The van der Waals surface area contributed by atoms with Crippen LogP contribution in [0.1, 0.15) is 277 Å². The summed E-state index contributed by atoms with van der Waals surface area (Å²) >= 11 is 0. The van der Waals surface area contributed by atoms with Gasteiger partial charge in [-0.2, -0.15) is 0 Å². The fourth-order valence-corrected chi connectivity index (χ4v) is 7.87. The lowest BCUT2D eigenvalue weighted by atomic mass is 10.0. The summed E-state index contributed by atoms with van der Waals surface area (Å²) in [5, 5.41) is 23.1. The highest BCUT2D eigenvalue weighted by molar-refractivity contribution is 5.76. The zero-order chi connectivity index (χ0) is 41.5. The van der Waals surface area contributed by atoms with Crippen molar-refractivity contribution in [3.63, 3.8) is 0 Å². The van der Waals surface area contributed by atoms with E-state index in [1.165, 1.54) is 193 Å². The van der Waals surface area contributed by atoms with Gasteiger partial charge >= 0.3 is 5.97 Å². The van der Waals surface area contributed by atoms with Gasteiger partial charge in [0.15, 0.2) is 0 Å². The van der Waals surface area contributed by atoms with Crippen molar-refractivity contribution in [2.24, 2.45) is 0 Å². The number of hydrogen-bond donors (Lipinski definition) is 3. The molecule has 0 heterocycles. The normalized spacial score (nSPS) is 12.7. The van der Waals surface area contributed by atoms with Crippen LogP contribution in [0.25, 0.3) is 0 Å². The van der Waals surface area contributed by atoms with Gasteiger partial charge < -0.3 is 20.3 Å². The highest BCUT2D eigenvalue weighted by Crippen LogP contribution is 2.16. The maximum Gasteiger partial charge on any atom is 0.305 e. The first-order valence-electron chi connectivity index (χ1n) is 25.4. The third kappa shape index (κ3) is 44.0. The Kier molecular flexibility index (Phi) is 46.1. The molecular formula is C51H99NO5. The van der Waals surface area contributed by atoms with Gasteiger partial charge in [-0.3, -0.25) is 9.59 Å². The number of aliphatic hydroxyl groups is 2. The number of hydrogen-bond acceptors (Lipinski definition) is 5. The molecule has 6 nitrogen and oxygen atoms in total. The number of rotatable bonds is 47. The smallest absolute Gasteiger partial charge is 0.305 e. The molecule has 0 aliphatic rings. The Morgan fingerprint density at radius 3 is 1.25 bits per heavy atom. The molecule has 2 unspecified atom stereocenters. The van der Waals surface area contributed by atoms with Gasteiger partial charge in [-0.25, -0.2) is 0 Å². The topological polar surface area (TPSA) is 95.9 Å². The van der Waals surface area contributed by atoms with E-state index in [4.69, 9.17) is 4.74 Å². The number of amides is 1. The van der Waals surface area contributed by atoms with E-state index in [0.717, 1.165) is 51.4 Å². The lowest BCUT2D eigenvalue weighted by Crippen LogP contribution is -2.45. The van der Waals surface area contributed by atoms with Crippen molar-refractivity contribution < 1.29 is 24.5 Å². The van der Waals surface area contributed by atoms with Crippen molar-refractivity contribution >= 4 is 11.9 Å². The van der Waals surface area contributed by atoms with E-state index < -0.39 is 12.1 Å². The Hall–Kier alpha value is -1.40. The molecule has 0 bridgehead atoms. The van der Waals surface area contributed by atoms with Crippen molar-refractivity contribution in [3.8, 4) is 0 Å². The number of allylic oxidation sites excluding steroid dienone is 2. The monoisotopic (exact) mass is 806 g/mol. The predicted molar refractivity (Wildman–Crippen MR) is 246 cm³/mol. The van der Waals surface area contributed by atoms with Gasteiger partial charge in [0.2, 0.25) is 5.91 Å². The van der Waals surface area contributed by atoms with E-state index in [9.17, 15) is 19.8 Å². The predicted octanol–water partition coefficient (Wildman–Crippen LogP) is 15.0. The molecule has 338 valence electrons. The molecule has 0 saturated carbocycles. The van der Waals surface area contributed by atoms with Crippen LogP contribution < -0.4 is 5.32 Å².